The zero-order valence-electron chi connectivity index (χ0n) is 16.3. The van der Waals surface area contributed by atoms with Crippen LogP contribution in [0.25, 0.3) is 0 Å². The van der Waals surface area contributed by atoms with Crippen molar-refractivity contribution in [1.29, 1.82) is 0 Å². The summed E-state index contributed by atoms with van der Waals surface area (Å²) < 4.78 is 5.81. The van der Waals surface area contributed by atoms with Crippen LogP contribution in [0, 0.1) is 12.8 Å². The molecule has 0 radical (unpaired) electrons. The molecule has 1 saturated heterocycles. The summed E-state index contributed by atoms with van der Waals surface area (Å²) in [7, 11) is 0. The summed E-state index contributed by atoms with van der Waals surface area (Å²) in [6.45, 7) is 9.07. The van der Waals surface area contributed by atoms with Gasteiger partial charge in [-0.15, -0.1) is 0 Å². The maximum atomic E-state index is 12.9. The molecule has 2 aliphatic rings. The molecule has 2 atom stereocenters. The number of amides is 3. The Bertz CT molecular complexity index is 700. The van der Waals surface area contributed by atoms with Crippen molar-refractivity contribution >= 4 is 11.9 Å². The fourth-order valence-corrected chi connectivity index (χ4v) is 4.34. The Kier molecular flexibility index (Phi) is 5.26. The second kappa shape index (κ2) is 7.29. The van der Waals surface area contributed by atoms with Crippen molar-refractivity contribution in [3.05, 3.63) is 29.3 Å². The number of carbonyl (C=O) groups excluding carboxylic acids is 2. The Morgan fingerprint density at radius 2 is 2.08 bits per heavy atom. The second-order valence-corrected chi connectivity index (χ2v) is 8.03. The molecule has 1 spiro atoms. The van der Waals surface area contributed by atoms with Crippen molar-refractivity contribution in [3.8, 4) is 5.75 Å². The molecule has 142 valence electrons. The van der Waals surface area contributed by atoms with Crippen molar-refractivity contribution in [2.45, 2.75) is 64.8 Å². The van der Waals surface area contributed by atoms with Gasteiger partial charge < -0.3 is 10.1 Å². The predicted molar refractivity (Wildman–Crippen MR) is 101 cm³/mol. The van der Waals surface area contributed by atoms with Gasteiger partial charge in [0, 0.05) is 0 Å². The number of nitrogens with zero attached hydrogens (tertiary/aromatic N) is 1. The fraction of sp³-hybridized carbons (Fsp3) is 0.619. The largest absolute Gasteiger partial charge is 0.492 e. The molecular weight excluding hydrogens is 328 g/mol. The SMILES string of the molecule is Cc1cc(OCCN2C(=O)NC3(CCCCC3C)C2=O)ccc1C(C)C. The van der Waals surface area contributed by atoms with Gasteiger partial charge >= 0.3 is 6.03 Å². The maximum absolute atomic E-state index is 12.9. The third-order valence-electron chi connectivity index (χ3n) is 5.95. The van der Waals surface area contributed by atoms with E-state index in [9.17, 15) is 9.59 Å². The Morgan fingerprint density at radius 3 is 2.73 bits per heavy atom. The van der Waals surface area contributed by atoms with Crippen LogP contribution in [0.5, 0.6) is 5.75 Å². The zero-order chi connectivity index (χ0) is 18.9. The van der Waals surface area contributed by atoms with Gasteiger partial charge in [-0.1, -0.05) is 39.7 Å². The minimum Gasteiger partial charge on any atom is -0.492 e. The monoisotopic (exact) mass is 358 g/mol. The van der Waals surface area contributed by atoms with Crippen molar-refractivity contribution < 1.29 is 14.3 Å². The summed E-state index contributed by atoms with van der Waals surface area (Å²) in [6, 6.07) is 5.78. The molecule has 2 unspecified atom stereocenters. The number of rotatable bonds is 5. The lowest BCUT2D eigenvalue weighted by atomic mass is 9.73. The van der Waals surface area contributed by atoms with E-state index < -0.39 is 5.54 Å². The van der Waals surface area contributed by atoms with E-state index in [1.807, 2.05) is 12.1 Å². The lowest BCUT2D eigenvalue weighted by molar-refractivity contribution is -0.134. The van der Waals surface area contributed by atoms with Crippen molar-refractivity contribution in [3.63, 3.8) is 0 Å². The molecule has 5 heteroatoms. The van der Waals surface area contributed by atoms with Gasteiger partial charge in [0.25, 0.3) is 5.91 Å². The number of hydrogen-bond acceptors (Lipinski definition) is 3. The minimum atomic E-state index is -0.690. The molecule has 1 saturated carbocycles. The van der Waals surface area contributed by atoms with Gasteiger partial charge in [0.1, 0.15) is 17.9 Å². The van der Waals surface area contributed by atoms with E-state index in [4.69, 9.17) is 4.74 Å². The summed E-state index contributed by atoms with van der Waals surface area (Å²) >= 11 is 0. The quantitative estimate of drug-likeness (QED) is 0.810. The first kappa shape index (κ1) is 18.7. The van der Waals surface area contributed by atoms with Crippen LogP contribution in [0.2, 0.25) is 0 Å². The molecule has 26 heavy (non-hydrogen) atoms. The molecular formula is C21H30N2O3. The first-order valence-corrected chi connectivity index (χ1v) is 9.72. The summed E-state index contributed by atoms with van der Waals surface area (Å²) in [5.74, 6) is 1.36. The number of urea groups is 1. The normalized spacial score (nSPS) is 25.9. The Labute approximate surface area is 156 Å². The van der Waals surface area contributed by atoms with Gasteiger partial charge in [-0.3, -0.25) is 9.69 Å². The van der Waals surface area contributed by atoms with Gasteiger partial charge in [0.15, 0.2) is 0 Å². The van der Waals surface area contributed by atoms with Crippen LogP contribution in [0.1, 0.15) is 63.5 Å². The van der Waals surface area contributed by atoms with E-state index in [0.717, 1.165) is 31.4 Å². The summed E-state index contributed by atoms with van der Waals surface area (Å²) in [5.41, 5.74) is 1.81. The first-order valence-electron chi connectivity index (χ1n) is 9.72. The highest BCUT2D eigenvalue weighted by atomic mass is 16.5. The molecule has 2 fully saturated rings. The number of ether oxygens (including phenoxy) is 1. The number of benzene rings is 1. The van der Waals surface area contributed by atoms with Gasteiger partial charge in [0.2, 0.25) is 0 Å². The van der Waals surface area contributed by atoms with Crippen molar-refractivity contribution in [1.82, 2.24) is 10.2 Å². The Hall–Kier alpha value is -2.04. The lowest BCUT2D eigenvalue weighted by Gasteiger charge is -2.36. The molecule has 3 rings (SSSR count). The van der Waals surface area contributed by atoms with Gasteiger partial charge in [0.05, 0.1) is 6.54 Å². The van der Waals surface area contributed by atoms with Gasteiger partial charge in [-0.2, -0.15) is 0 Å². The highest BCUT2D eigenvalue weighted by molar-refractivity contribution is 6.07. The number of imide groups is 1. The molecule has 1 aliphatic carbocycles. The maximum Gasteiger partial charge on any atom is 0.325 e. The third kappa shape index (κ3) is 3.31. The summed E-state index contributed by atoms with van der Waals surface area (Å²) in [5, 5.41) is 2.98. The van der Waals surface area contributed by atoms with E-state index >= 15 is 0 Å². The van der Waals surface area contributed by atoms with Gasteiger partial charge in [-0.25, -0.2) is 4.79 Å². The number of nitrogens with one attached hydrogen (secondary N) is 1. The fourth-order valence-electron chi connectivity index (χ4n) is 4.34. The Balaban J connectivity index is 1.61. The van der Waals surface area contributed by atoms with E-state index in [-0.39, 0.29) is 24.4 Å². The van der Waals surface area contributed by atoms with Crippen LogP contribution < -0.4 is 10.1 Å². The standard InChI is InChI=1S/C21H30N2O3/c1-14(2)18-9-8-17(13-15(18)3)26-12-11-23-19(24)21(22-20(23)25)10-6-5-7-16(21)4/h8-9,13-14,16H,5-7,10-12H2,1-4H3,(H,22,25). The van der Waals surface area contributed by atoms with Crippen LogP contribution in [0.3, 0.4) is 0 Å². The lowest BCUT2D eigenvalue weighted by Crippen LogP contribution is -2.54. The highest BCUT2D eigenvalue weighted by Crippen LogP contribution is 2.38. The second-order valence-electron chi connectivity index (χ2n) is 8.03. The summed E-state index contributed by atoms with van der Waals surface area (Å²) in [6.07, 6.45) is 3.84. The molecule has 1 aromatic carbocycles. The average molecular weight is 358 g/mol. The molecule has 1 aromatic rings. The van der Waals surface area contributed by atoms with E-state index in [2.05, 4.69) is 39.1 Å². The van der Waals surface area contributed by atoms with E-state index in [1.54, 1.807) is 0 Å². The van der Waals surface area contributed by atoms with Crippen LogP contribution >= 0.6 is 0 Å². The molecule has 1 N–H and O–H groups in total. The first-order chi connectivity index (χ1) is 12.3. The molecule has 5 nitrogen and oxygen atoms in total. The number of aryl methyl sites for hydroxylation is 1. The number of hydrogen-bond donors (Lipinski definition) is 1. The topological polar surface area (TPSA) is 58.6 Å². The van der Waals surface area contributed by atoms with Crippen LogP contribution in [-0.2, 0) is 4.79 Å². The smallest absolute Gasteiger partial charge is 0.325 e. The predicted octanol–water partition coefficient (Wildman–Crippen LogP) is 4.00. The molecule has 3 amide bonds. The number of carbonyl (C=O) groups is 2. The average Bonchev–Trinajstić information content (AvgIpc) is 2.82. The summed E-state index contributed by atoms with van der Waals surface area (Å²) in [4.78, 5) is 26.6. The molecule has 1 aliphatic heterocycles. The van der Waals surface area contributed by atoms with E-state index in [1.165, 1.54) is 16.0 Å². The third-order valence-corrected chi connectivity index (χ3v) is 5.95. The van der Waals surface area contributed by atoms with Crippen molar-refractivity contribution in [2.75, 3.05) is 13.2 Å². The highest BCUT2D eigenvalue weighted by Gasteiger charge is 2.54. The van der Waals surface area contributed by atoms with Crippen LogP contribution in [0.4, 0.5) is 4.79 Å². The molecule has 0 aromatic heterocycles. The zero-order valence-corrected chi connectivity index (χ0v) is 16.3. The minimum absolute atomic E-state index is 0.0790. The molecule has 1 heterocycles. The molecule has 0 bridgehead atoms. The Morgan fingerprint density at radius 1 is 1.31 bits per heavy atom. The van der Waals surface area contributed by atoms with E-state index in [0.29, 0.717) is 12.5 Å². The van der Waals surface area contributed by atoms with Crippen LogP contribution in [0.15, 0.2) is 18.2 Å². The van der Waals surface area contributed by atoms with Gasteiger partial charge in [-0.05, 0) is 54.9 Å². The van der Waals surface area contributed by atoms with Crippen molar-refractivity contribution in [2.24, 2.45) is 5.92 Å². The van der Waals surface area contributed by atoms with Crippen LogP contribution in [-0.4, -0.2) is 35.5 Å².